The number of hydrogen-bond donors (Lipinski definition) is 1. The van der Waals surface area contributed by atoms with Crippen LogP contribution in [0.25, 0.3) is 0 Å². The summed E-state index contributed by atoms with van der Waals surface area (Å²) in [6, 6.07) is 15.5. The van der Waals surface area contributed by atoms with Crippen LogP contribution in [0.1, 0.15) is 16.3 Å². The number of aromatic nitrogens is 1. The first-order chi connectivity index (χ1) is 12.1. The van der Waals surface area contributed by atoms with Crippen LogP contribution in [-0.4, -0.2) is 17.1 Å². The van der Waals surface area contributed by atoms with Crippen molar-refractivity contribution >= 4 is 46.3 Å². The zero-order valence-electron chi connectivity index (χ0n) is 13.7. The van der Waals surface area contributed by atoms with Crippen LogP contribution in [0.5, 0.6) is 0 Å². The van der Waals surface area contributed by atoms with Crippen LogP contribution in [0.4, 0.5) is 5.69 Å². The highest BCUT2D eigenvalue weighted by Crippen LogP contribution is 2.25. The fourth-order valence-electron chi connectivity index (χ4n) is 2.44. The molecular formula is C19H17ClN2OS2. The Labute approximate surface area is 160 Å². The van der Waals surface area contributed by atoms with Gasteiger partial charge in [0, 0.05) is 21.7 Å². The molecule has 2 aromatic carbocycles. The zero-order chi connectivity index (χ0) is 17.6. The number of hydrogen-bond acceptors (Lipinski definition) is 4. The van der Waals surface area contributed by atoms with Gasteiger partial charge in [-0.25, -0.2) is 4.98 Å². The van der Waals surface area contributed by atoms with E-state index in [-0.39, 0.29) is 12.3 Å². The minimum atomic E-state index is -0.0545. The van der Waals surface area contributed by atoms with E-state index in [1.165, 1.54) is 0 Å². The van der Waals surface area contributed by atoms with Crippen molar-refractivity contribution in [3.63, 3.8) is 0 Å². The Balaban J connectivity index is 1.62. The predicted octanol–water partition coefficient (Wildman–Crippen LogP) is 5.29. The summed E-state index contributed by atoms with van der Waals surface area (Å²) in [6.45, 7) is 0. The zero-order valence-corrected chi connectivity index (χ0v) is 16.0. The van der Waals surface area contributed by atoms with Gasteiger partial charge in [-0.2, -0.15) is 0 Å². The van der Waals surface area contributed by atoms with E-state index in [0.29, 0.717) is 0 Å². The number of carbonyl (C=O) groups is 1. The molecular weight excluding hydrogens is 372 g/mol. The van der Waals surface area contributed by atoms with Crippen LogP contribution in [0.2, 0.25) is 5.02 Å². The number of halogens is 1. The maximum atomic E-state index is 12.3. The molecule has 1 amide bonds. The number of benzene rings is 2. The van der Waals surface area contributed by atoms with E-state index in [4.69, 9.17) is 11.6 Å². The van der Waals surface area contributed by atoms with E-state index in [2.05, 4.69) is 10.3 Å². The molecule has 1 aromatic heterocycles. The molecule has 0 saturated heterocycles. The summed E-state index contributed by atoms with van der Waals surface area (Å²) in [4.78, 5) is 17.9. The summed E-state index contributed by atoms with van der Waals surface area (Å²) < 4.78 is 0. The fraction of sp³-hybridized carbons (Fsp3) is 0.158. The van der Waals surface area contributed by atoms with Gasteiger partial charge in [0.15, 0.2) is 0 Å². The summed E-state index contributed by atoms with van der Waals surface area (Å²) in [6.07, 6.45) is 2.99. The predicted molar refractivity (Wildman–Crippen MR) is 107 cm³/mol. The highest BCUT2D eigenvalue weighted by atomic mass is 35.5. The summed E-state index contributed by atoms with van der Waals surface area (Å²) in [5, 5.41) is 6.61. The van der Waals surface area contributed by atoms with Crippen molar-refractivity contribution in [3.05, 3.63) is 75.2 Å². The molecule has 0 saturated carbocycles. The number of anilines is 1. The highest BCUT2D eigenvalue weighted by molar-refractivity contribution is 7.98. The second-order valence-electron chi connectivity index (χ2n) is 5.46. The van der Waals surface area contributed by atoms with E-state index in [0.717, 1.165) is 38.3 Å². The Morgan fingerprint density at radius 2 is 2.08 bits per heavy atom. The van der Waals surface area contributed by atoms with Gasteiger partial charge in [-0.1, -0.05) is 35.9 Å². The highest BCUT2D eigenvalue weighted by Gasteiger charge is 2.10. The second kappa shape index (κ2) is 8.52. The number of nitrogens with one attached hydrogen (secondary N) is 1. The maximum absolute atomic E-state index is 12.3. The Kier molecular flexibility index (Phi) is 6.13. The average molecular weight is 389 g/mol. The topological polar surface area (TPSA) is 42.0 Å². The van der Waals surface area contributed by atoms with Gasteiger partial charge in [0.1, 0.15) is 0 Å². The van der Waals surface area contributed by atoms with Gasteiger partial charge in [0.05, 0.1) is 22.8 Å². The van der Waals surface area contributed by atoms with Gasteiger partial charge in [0.2, 0.25) is 5.91 Å². The lowest BCUT2D eigenvalue weighted by Gasteiger charge is -2.08. The molecule has 0 bridgehead atoms. The third-order valence-electron chi connectivity index (χ3n) is 3.57. The van der Waals surface area contributed by atoms with Crippen LogP contribution in [-0.2, 0) is 17.6 Å². The van der Waals surface area contributed by atoms with Gasteiger partial charge in [0.25, 0.3) is 0 Å². The quantitative estimate of drug-likeness (QED) is 0.583. The monoisotopic (exact) mass is 388 g/mol. The first-order valence-electron chi connectivity index (χ1n) is 7.74. The second-order valence-corrected chi connectivity index (χ2v) is 7.69. The van der Waals surface area contributed by atoms with Gasteiger partial charge in [-0.3, -0.25) is 4.79 Å². The lowest BCUT2D eigenvalue weighted by atomic mass is 10.2. The van der Waals surface area contributed by atoms with Crippen molar-refractivity contribution in [2.45, 2.75) is 17.7 Å². The molecule has 0 unspecified atom stereocenters. The van der Waals surface area contributed by atoms with Crippen LogP contribution in [0.15, 0.2) is 58.8 Å². The number of amides is 1. The third kappa shape index (κ3) is 5.08. The normalized spacial score (nSPS) is 10.6. The number of para-hydroxylation sites is 1. The molecule has 3 aromatic rings. The third-order valence-corrected chi connectivity index (χ3v) is 5.49. The largest absolute Gasteiger partial charge is 0.325 e. The number of carbonyl (C=O) groups excluding carboxylic acids is 1. The fourth-order valence-corrected chi connectivity index (χ4v) is 4.03. The van der Waals surface area contributed by atoms with Gasteiger partial charge in [-0.05, 0) is 36.1 Å². The minimum absolute atomic E-state index is 0.0545. The molecule has 0 aliphatic rings. The van der Waals surface area contributed by atoms with Crippen LogP contribution in [0, 0.1) is 0 Å². The first kappa shape index (κ1) is 18.0. The van der Waals surface area contributed by atoms with Crippen LogP contribution < -0.4 is 5.32 Å². The van der Waals surface area contributed by atoms with Crippen LogP contribution >= 0.6 is 34.7 Å². The molecule has 0 atom stereocenters. The average Bonchev–Trinajstić information content (AvgIpc) is 3.02. The van der Waals surface area contributed by atoms with Crippen LogP contribution in [0.3, 0.4) is 0 Å². The molecule has 6 heteroatoms. The van der Waals surface area contributed by atoms with E-state index in [1.54, 1.807) is 23.1 Å². The van der Waals surface area contributed by atoms with Gasteiger partial charge in [-0.15, -0.1) is 23.1 Å². The molecule has 0 aliphatic heterocycles. The van der Waals surface area contributed by atoms with Gasteiger partial charge < -0.3 is 5.32 Å². The molecule has 3 rings (SSSR count). The molecule has 1 N–H and O–H groups in total. The summed E-state index contributed by atoms with van der Waals surface area (Å²) >= 11 is 9.19. The Morgan fingerprint density at radius 1 is 1.24 bits per heavy atom. The van der Waals surface area contributed by atoms with Crippen molar-refractivity contribution in [1.82, 2.24) is 4.98 Å². The summed E-state index contributed by atoms with van der Waals surface area (Å²) in [7, 11) is 0. The van der Waals surface area contributed by atoms with E-state index in [1.807, 2.05) is 60.2 Å². The molecule has 25 heavy (non-hydrogen) atoms. The molecule has 0 aliphatic carbocycles. The molecule has 0 spiro atoms. The first-order valence-corrected chi connectivity index (χ1v) is 10.2. The maximum Gasteiger partial charge on any atom is 0.230 e. The smallest absolute Gasteiger partial charge is 0.230 e. The van der Waals surface area contributed by atoms with Gasteiger partial charge >= 0.3 is 0 Å². The summed E-state index contributed by atoms with van der Waals surface area (Å²) in [5.41, 5.74) is 2.75. The van der Waals surface area contributed by atoms with Crippen molar-refractivity contribution < 1.29 is 4.79 Å². The SMILES string of the molecule is CSc1ccccc1NC(=O)Cc1csc(Cc2cccc(Cl)c2)n1. The van der Waals surface area contributed by atoms with Crippen molar-refractivity contribution in [1.29, 1.82) is 0 Å². The van der Waals surface area contributed by atoms with Crippen molar-refractivity contribution in [2.75, 3.05) is 11.6 Å². The molecule has 128 valence electrons. The Hall–Kier alpha value is -1.82. The number of thiazole rings is 1. The molecule has 1 heterocycles. The van der Waals surface area contributed by atoms with Crippen molar-refractivity contribution in [3.8, 4) is 0 Å². The lowest BCUT2D eigenvalue weighted by molar-refractivity contribution is -0.115. The van der Waals surface area contributed by atoms with E-state index < -0.39 is 0 Å². The Bertz CT molecular complexity index is 879. The molecule has 0 radical (unpaired) electrons. The van der Waals surface area contributed by atoms with E-state index in [9.17, 15) is 4.79 Å². The van der Waals surface area contributed by atoms with E-state index >= 15 is 0 Å². The minimum Gasteiger partial charge on any atom is -0.325 e. The Morgan fingerprint density at radius 3 is 2.88 bits per heavy atom. The lowest BCUT2D eigenvalue weighted by Crippen LogP contribution is -2.15. The number of thioether (sulfide) groups is 1. The molecule has 0 fully saturated rings. The standard InChI is InChI=1S/C19H17ClN2OS2/c1-24-17-8-3-2-7-16(17)22-18(23)11-15-12-25-19(21-15)10-13-5-4-6-14(20)9-13/h2-9,12H,10-11H2,1H3,(H,22,23). The van der Waals surface area contributed by atoms with Crippen molar-refractivity contribution in [2.24, 2.45) is 0 Å². The number of rotatable bonds is 6. The molecule has 3 nitrogen and oxygen atoms in total. The summed E-state index contributed by atoms with van der Waals surface area (Å²) in [5.74, 6) is -0.0545. The number of nitrogens with zero attached hydrogens (tertiary/aromatic N) is 1.